The maximum absolute atomic E-state index is 11.7. The molecule has 1 aromatic carbocycles. The summed E-state index contributed by atoms with van der Waals surface area (Å²) in [5, 5.41) is 13.5. The number of carboxylic acids is 1. The minimum absolute atomic E-state index is 0.0160. The number of aliphatic carboxylic acids is 1. The van der Waals surface area contributed by atoms with Crippen LogP contribution in [0.5, 0.6) is 5.75 Å². The summed E-state index contributed by atoms with van der Waals surface area (Å²) in [7, 11) is 0. The van der Waals surface area contributed by atoms with Crippen molar-refractivity contribution in [2.45, 2.75) is 32.6 Å². The summed E-state index contributed by atoms with van der Waals surface area (Å²) in [6.07, 6.45) is 2.53. The smallest absolute Gasteiger partial charge is 0.336 e. The Morgan fingerprint density at radius 3 is 2.80 bits per heavy atom. The normalized spacial score (nSPS) is 10.6. The Kier molecular flexibility index (Phi) is 6.56. The van der Waals surface area contributed by atoms with E-state index < -0.39 is 17.5 Å². The van der Waals surface area contributed by atoms with E-state index in [1.165, 1.54) is 6.07 Å². The average molecular weight is 346 g/mol. The zero-order valence-corrected chi connectivity index (χ0v) is 14.0. The van der Waals surface area contributed by atoms with Crippen LogP contribution in [0.2, 0.25) is 0 Å². The molecule has 1 amide bonds. The molecule has 2 rings (SSSR count). The van der Waals surface area contributed by atoms with Crippen LogP contribution in [0.25, 0.3) is 11.0 Å². The summed E-state index contributed by atoms with van der Waals surface area (Å²) < 4.78 is 10.6. The topological polar surface area (TPSA) is 109 Å². The van der Waals surface area contributed by atoms with Gasteiger partial charge in [0.2, 0.25) is 0 Å². The van der Waals surface area contributed by atoms with Crippen molar-refractivity contribution in [2.24, 2.45) is 0 Å². The summed E-state index contributed by atoms with van der Waals surface area (Å²) in [6.45, 7) is 1.80. The molecule has 0 aliphatic carbocycles. The van der Waals surface area contributed by atoms with Crippen LogP contribution < -0.4 is 20.8 Å². The third-order valence-electron chi connectivity index (χ3n) is 3.62. The van der Waals surface area contributed by atoms with Crippen molar-refractivity contribution in [3.05, 3.63) is 40.2 Å². The lowest BCUT2D eigenvalue weighted by Crippen LogP contribution is -2.33. The number of carbonyl (C=O) groups excluding carboxylic acids is 2. The molecule has 134 valence electrons. The number of benzene rings is 1. The minimum atomic E-state index is -1.23. The van der Waals surface area contributed by atoms with Crippen LogP contribution >= 0.6 is 0 Å². The Hall–Kier alpha value is -2.83. The second-order valence-electron chi connectivity index (χ2n) is 5.61. The van der Waals surface area contributed by atoms with Crippen LogP contribution in [0.4, 0.5) is 0 Å². The lowest BCUT2D eigenvalue weighted by Gasteiger charge is -2.09. The molecule has 1 heterocycles. The van der Waals surface area contributed by atoms with Gasteiger partial charge in [-0.2, -0.15) is 0 Å². The summed E-state index contributed by atoms with van der Waals surface area (Å²) in [4.78, 5) is 33.5. The van der Waals surface area contributed by atoms with Crippen molar-refractivity contribution < 1.29 is 23.8 Å². The molecule has 2 aromatic rings. The lowest BCUT2D eigenvalue weighted by atomic mass is 10.0. The number of carboxylic acid groups (broad SMARTS) is 1. The predicted molar refractivity (Wildman–Crippen MR) is 89.2 cm³/mol. The third kappa shape index (κ3) is 5.63. The quantitative estimate of drug-likeness (QED) is 0.672. The molecule has 25 heavy (non-hydrogen) atoms. The van der Waals surface area contributed by atoms with Crippen LogP contribution in [0.3, 0.4) is 0 Å². The summed E-state index contributed by atoms with van der Waals surface area (Å²) in [6, 6.07) is 6.57. The first-order valence-corrected chi connectivity index (χ1v) is 8.15. The Morgan fingerprint density at radius 1 is 1.28 bits per heavy atom. The van der Waals surface area contributed by atoms with Gasteiger partial charge >= 0.3 is 5.63 Å². The number of unbranched alkanes of at least 4 members (excludes halogenated alkanes) is 1. The van der Waals surface area contributed by atoms with Crippen LogP contribution in [0.15, 0.2) is 33.5 Å². The molecule has 0 aliphatic heterocycles. The van der Waals surface area contributed by atoms with E-state index in [1.54, 1.807) is 18.2 Å². The van der Waals surface area contributed by atoms with Gasteiger partial charge < -0.3 is 24.4 Å². The monoisotopic (exact) mass is 346 g/mol. The molecule has 1 aromatic heterocycles. The number of aryl methyl sites for hydroxylation is 1. The first-order chi connectivity index (χ1) is 12.0. The van der Waals surface area contributed by atoms with Crippen molar-refractivity contribution in [3.63, 3.8) is 0 Å². The van der Waals surface area contributed by atoms with Gasteiger partial charge in [0.15, 0.2) is 6.61 Å². The van der Waals surface area contributed by atoms with Crippen molar-refractivity contribution in [1.82, 2.24) is 5.32 Å². The second kappa shape index (κ2) is 8.86. The van der Waals surface area contributed by atoms with Gasteiger partial charge in [-0.25, -0.2) is 4.79 Å². The van der Waals surface area contributed by atoms with E-state index in [0.29, 0.717) is 11.3 Å². The minimum Gasteiger partial charge on any atom is -0.550 e. The number of carbonyl (C=O) groups is 2. The molecule has 7 nitrogen and oxygen atoms in total. The molecule has 0 atom stereocenters. The van der Waals surface area contributed by atoms with E-state index in [1.807, 2.05) is 0 Å². The van der Waals surface area contributed by atoms with Crippen LogP contribution in [-0.2, 0) is 16.0 Å². The molecule has 0 aliphatic rings. The zero-order valence-electron chi connectivity index (χ0n) is 14.0. The van der Waals surface area contributed by atoms with Gasteiger partial charge in [-0.3, -0.25) is 4.79 Å². The average Bonchev–Trinajstić information content (AvgIpc) is 2.57. The third-order valence-corrected chi connectivity index (χ3v) is 3.62. The van der Waals surface area contributed by atoms with Gasteiger partial charge in [-0.05, 0) is 30.5 Å². The van der Waals surface area contributed by atoms with Gasteiger partial charge in [0.05, 0.1) is 0 Å². The van der Waals surface area contributed by atoms with Gasteiger partial charge in [0.1, 0.15) is 11.3 Å². The van der Waals surface area contributed by atoms with E-state index in [-0.39, 0.29) is 19.6 Å². The molecular weight excluding hydrogens is 326 g/mol. The SMILES string of the molecule is CCCCc1cc(=O)oc2cc(OCC(=O)NCCC(=O)[O-])ccc12. The second-order valence-corrected chi connectivity index (χ2v) is 5.61. The Morgan fingerprint density at radius 2 is 2.08 bits per heavy atom. The fraction of sp³-hybridized carbons (Fsp3) is 0.389. The molecule has 0 fully saturated rings. The van der Waals surface area contributed by atoms with E-state index in [2.05, 4.69) is 12.2 Å². The molecule has 0 radical (unpaired) electrons. The van der Waals surface area contributed by atoms with Gasteiger partial charge in [0.25, 0.3) is 5.91 Å². The summed E-state index contributed by atoms with van der Waals surface area (Å²) in [5.41, 5.74) is 0.920. The number of hydrogen-bond acceptors (Lipinski definition) is 6. The number of fused-ring (bicyclic) bond motifs is 1. The van der Waals surface area contributed by atoms with Gasteiger partial charge in [-0.15, -0.1) is 0 Å². The number of ether oxygens (including phenoxy) is 1. The highest BCUT2D eigenvalue weighted by molar-refractivity contribution is 5.82. The maximum atomic E-state index is 11.7. The summed E-state index contributed by atoms with van der Waals surface area (Å²) >= 11 is 0. The molecule has 0 bridgehead atoms. The first-order valence-electron chi connectivity index (χ1n) is 8.15. The van der Waals surface area contributed by atoms with Crippen molar-refractivity contribution in [3.8, 4) is 5.75 Å². The van der Waals surface area contributed by atoms with Crippen molar-refractivity contribution >= 4 is 22.8 Å². The maximum Gasteiger partial charge on any atom is 0.336 e. The number of rotatable bonds is 9. The highest BCUT2D eigenvalue weighted by Crippen LogP contribution is 2.23. The van der Waals surface area contributed by atoms with E-state index >= 15 is 0 Å². The number of nitrogens with one attached hydrogen (secondary N) is 1. The molecule has 0 spiro atoms. The van der Waals surface area contributed by atoms with Gasteiger partial charge in [-0.1, -0.05) is 13.3 Å². The van der Waals surface area contributed by atoms with E-state index in [9.17, 15) is 19.5 Å². The zero-order chi connectivity index (χ0) is 18.2. The Labute approximate surface area is 144 Å². The van der Waals surface area contributed by atoms with E-state index in [0.717, 1.165) is 30.2 Å². The molecule has 1 N–H and O–H groups in total. The summed E-state index contributed by atoms with van der Waals surface area (Å²) in [5.74, 6) is -1.29. The van der Waals surface area contributed by atoms with Crippen molar-refractivity contribution in [1.29, 1.82) is 0 Å². The van der Waals surface area contributed by atoms with Gasteiger partial charge in [0, 0.05) is 36.5 Å². The number of amides is 1. The van der Waals surface area contributed by atoms with Crippen molar-refractivity contribution in [2.75, 3.05) is 13.2 Å². The Balaban J connectivity index is 2.04. The van der Waals surface area contributed by atoms with Crippen LogP contribution in [0, 0.1) is 0 Å². The first kappa shape index (κ1) is 18.5. The van der Waals surface area contributed by atoms with Crippen LogP contribution in [0.1, 0.15) is 31.7 Å². The molecule has 0 saturated heterocycles. The lowest BCUT2D eigenvalue weighted by molar-refractivity contribution is -0.305. The molecular formula is C18H20NO6-. The molecule has 0 saturated carbocycles. The highest BCUT2D eigenvalue weighted by atomic mass is 16.5. The molecule has 0 unspecified atom stereocenters. The highest BCUT2D eigenvalue weighted by Gasteiger charge is 2.08. The fourth-order valence-electron chi connectivity index (χ4n) is 2.38. The fourth-order valence-corrected chi connectivity index (χ4v) is 2.38. The van der Waals surface area contributed by atoms with E-state index in [4.69, 9.17) is 9.15 Å². The largest absolute Gasteiger partial charge is 0.550 e. The van der Waals surface area contributed by atoms with Crippen LogP contribution in [-0.4, -0.2) is 25.0 Å². The Bertz CT molecular complexity index is 811. The number of hydrogen-bond donors (Lipinski definition) is 1. The predicted octanol–water partition coefficient (Wildman–Crippen LogP) is 0.771. The molecule has 7 heteroatoms. The standard InChI is InChI=1S/C18H21NO6/c1-2-3-4-12-9-18(23)25-15-10-13(5-6-14(12)15)24-11-16(20)19-8-7-17(21)22/h5-6,9-10H,2-4,7-8,11H2,1H3,(H,19,20)(H,21,22)/p-1.